The van der Waals surface area contributed by atoms with E-state index >= 15 is 0 Å². The first-order valence-corrected chi connectivity index (χ1v) is 8.51. The standard InChI is InChI=1S/C18H24N2O5/c21-16(20-14-8-10-19-11-9-14)6-7-17(22)25-15(18(23)24)12-13-4-2-1-3-5-13/h1-5,14-15,19H,6-12H2,(H,20,21)(H,23,24)/t15-/m1/s1. The van der Waals surface area contributed by atoms with Crippen molar-refractivity contribution < 1.29 is 24.2 Å². The molecule has 0 aliphatic carbocycles. The minimum Gasteiger partial charge on any atom is -0.478 e. The van der Waals surface area contributed by atoms with E-state index in [1.165, 1.54) is 0 Å². The molecule has 3 N–H and O–H groups in total. The highest BCUT2D eigenvalue weighted by Crippen LogP contribution is 2.09. The van der Waals surface area contributed by atoms with Crippen LogP contribution in [0.5, 0.6) is 0 Å². The second-order valence-corrected chi connectivity index (χ2v) is 6.10. The third-order valence-electron chi connectivity index (χ3n) is 4.07. The van der Waals surface area contributed by atoms with E-state index < -0.39 is 18.0 Å². The predicted octanol–water partition coefficient (Wildman–Crippen LogP) is 0.874. The quantitative estimate of drug-likeness (QED) is 0.602. The topological polar surface area (TPSA) is 105 Å². The zero-order valence-corrected chi connectivity index (χ0v) is 14.1. The zero-order chi connectivity index (χ0) is 18.1. The van der Waals surface area contributed by atoms with Crippen LogP contribution < -0.4 is 10.6 Å². The van der Waals surface area contributed by atoms with Crippen LogP contribution in [0.1, 0.15) is 31.2 Å². The fourth-order valence-electron chi connectivity index (χ4n) is 2.71. The van der Waals surface area contributed by atoms with Crippen LogP contribution in [0.2, 0.25) is 0 Å². The third-order valence-corrected chi connectivity index (χ3v) is 4.07. The van der Waals surface area contributed by atoms with E-state index in [0.717, 1.165) is 31.5 Å². The number of benzene rings is 1. The van der Waals surface area contributed by atoms with E-state index in [2.05, 4.69) is 10.6 Å². The van der Waals surface area contributed by atoms with Crippen molar-refractivity contribution in [3.05, 3.63) is 35.9 Å². The van der Waals surface area contributed by atoms with Gasteiger partial charge in [-0.3, -0.25) is 9.59 Å². The average Bonchev–Trinajstić information content (AvgIpc) is 2.61. The Kier molecular flexibility index (Phi) is 7.40. The number of ether oxygens (including phenoxy) is 1. The minimum absolute atomic E-state index is 0.000434. The Hall–Kier alpha value is -2.41. The molecule has 1 aromatic rings. The number of esters is 1. The van der Waals surface area contributed by atoms with Crippen LogP contribution in [-0.2, 0) is 25.5 Å². The average molecular weight is 348 g/mol. The van der Waals surface area contributed by atoms with Crippen LogP contribution in [-0.4, -0.2) is 48.2 Å². The van der Waals surface area contributed by atoms with Gasteiger partial charge in [0, 0.05) is 18.9 Å². The number of hydrogen-bond donors (Lipinski definition) is 3. The molecule has 1 aromatic carbocycles. The maximum atomic E-state index is 11.9. The summed E-state index contributed by atoms with van der Waals surface area (Å²) in [4.78, 5) is 35.0. The summed E-state index contributed by atoms with van der Waals surface area (Å²) in [7, 11) is 0. The van der Waals surface area contributed by atoms with Gasteiger partial charge in [-0.05, 0) is 31.5 Å². The van der Waals surface area contributed by atoms with Crippen LogP contribution >= 0.6 is 0 Å². The molecule has 1 atom stereocenters. The lowest BCUT2D eigenvalue weighted by atomic mass is 10.1. The van der Waals surface area contributed by atoms with E-state index in [1.54, 1.807) is 24.3 Å². The molecule has 0 aromatic heterocycles. The van der Waals surface area contributed by atoms with Crippen molar-refractivity contribution in [1.29, 1.82) is 0 Å². The Balaban J connectivity index is 1.74. The largest absolute Gasteiger partial charge is 0.478 e. The molecule has 7 nitrogen and oxygen atoms in total. The smallest absolute Gasteiger partial charge is 0.345 e. The highest BCUT2D eigenvalue weighted by atomic mass is 16.6. The number of carbonyl (C=O) groups excluding carboxylic acids is 2. The highest BCUT2D eigenvalue weighted by Gasteiger charge is 2.23. The third kappa shape index (κ3) is 6.93. The van der Waals surface area contributed by atoms with Crippen molar-refractivity contribution in [2.24, 2.45) is 0 Å². The molecule has 0 spiro atoms. The second kappa shape index (κ2) is 9.78. The van der Waals surface area contributed by atoms with Crippen LogP contribution in [0, 0.1) is 0 Å². The van der Waals surface area contributed by atoms with E-state index in [1.807, 2.05) is 6.07 Å². The summed E-state index contributed by atoms with van der Waals surface area (Å²) in [6.07, 6.45) is 0.462. The van der Waals surface area contributed by atoms with Crippen LogP contribution in [0.4, 0.5) is 0 Å². The van der Waals surface area contributed by atoms with E-state index in [0.29, 0.717) is 0 Å². The normalized spacial score (nSPS) is 16.0. The van der Waals surface area contributed by atoms with Crippen molar-refractivity contribution in [2.45, 2.75) is 44.2 Å². The lowest BCUT2D eigenvalue weighted by Gasteiger charge is -2.23. The number of carboxylic acids is 1. The second-order valence-electron chi connectivity index (χ2n) is 6.10. The Morgan fingerprint density at radius 2 is 1.84 bits per heavy atom. The number of nitrogens with one attached hydrogen (secondary N) is 2. The van der Waals surface area contributed by atoms with Crippen LogP contribution in [0.15, 0.2) is 30.3 Å². The first-order valence-electron chi connectivity index (χ1n) is 8.51. The molecule has 0 bridgehead atoms. The summed E-state index contributed by atoms with van der Waals surface area (Å²) in [5.74, 6) is -2.08. The lowest BCUT2D eigenvalue weighted by molar-refractivity contribution is -0.164. The first kappa shape index (κ1) is 18.9. The summed E-state index contributed by atoms with van der Waals surface area (Å²) in [5, 5.41) is 15.3. The molecule has 1 saturated heterocycles. The Labute approximate surface area is 146 Å². The fraction of sp³-hybridized carbons (Fsp3) is 0.500. The summed E-state index contributed by atoms with van der Waals surface area (Å²) in [6, 6.07) is 9.09. The molecule has 7 heteroatoms. The Bertz CT molecular complexity index is 584. The molecule has 0 unspecified atom stereocenters. The number of rotatable bonds is 8. The molecule has 0 radical (unpaired) electrons. The SMILES string of the molecule is O=C(CCC(=O)O[C@H](Cc1ccccc1)C(=O)O)NC1CCNCC1. The van der Waals surface area contributed by atoms with Gasteiger partial charge in [-0.25, -0.2) is 4.79 Å². The lowest BCUT2D eigenvalue weighted by Crippen LogP contribution is -2.42. The molecule has 1 fully saturated rings. The van der Waals surface area contributed by atoms with Gasteiger partial charge in [0.25, 0.3) is 0 Å². The van der Waals surface area contributed by atoms with Gasteiger partial charge in [-0.2, -0.15) is 0 Å². The Morgan fingerprint density at radius 3 is 2.48 bits per heavy atom. The maximum absolute atomic E-state index is 11.9. The number of aliphatic carboxylic acids is 1. The van der Waals surface area contributed by atoms with Crippen molar-refractivity contribution in [3.8, 4) is 0 Å². The molecule has 2 rings (SSSR count). The number of amides is 1. The summed E-state index contributed by atoms with van der Waals surface area (Å²) >= 11 is 0. The van der Waals surface area contributed by atoms with E-state index in [-0.39, 0.29) is 31.2 Å². The summed E-state index contributed by atoms with van der Waals surface area (Å²) < 4.78 is 5.03. The summed E-state index contributed by atoms with van der Waals surface area (Å²) in [6.45, 7) is 1.74. The summed E-state index contributed by atoms with van der Waals surface area (Å²) in [5.41, 5.74) is 0.770. The number of hydrogen-bond acceptors (Lipinski definition) is 5. The maximum Gasteiger partial charge on any atom is 0.345 e. The molecule has 136 valence electrons. The molecule has 1 heterocycles. The van der Waals surface area contributed by atoms with Crippen LogP contribution in [0.3, 0.4) is 0 Å². The monoisotopic (exact) mass is 348 g/mol. The predicted molar refractivity (Wildman–Crippen MR) is 90.9 cm³/mol. The molecular formula is C18H24N2O5. The van der Waals surface area contributed by atoms with Gasteiger partial charge in [0.15, 0.2) is 0 Å². The van der Waals surface area contributed by atoms with Gasteiger partial charge < -0.3 is 20.5 Å². The van der Waals surface area contributed by atoms with Gasteiger partial charge in [-0.15, -0.1) is 0 Å². The molecule has 1 amide bonds. The van der Waals surface area contributed by atoms with E-state index in [4.69, 9.17) is 4.74 Å². The van der Waals surface area contributed by atoms with Crippen LogP contribution in [0.25, 0.3) is 0 Å². The van der Waals surface area contributed by atoms with Crippen molar-refractivity contribution in [2.75, 3.05) is 13.1 Å². The van der Waals surface area contributed by atoms with Gasteiger partial charge in [0.05, 0.1) is 6.42 Å². The van der Waals surface area contributed by atoms with E-state index in [9.17, 15) is 19.5 Å². The minimum atomic E-state index is -1.25. The van der Waals surface area contributed by atoms with Gasteiger partial charge >= 0.3 is 11.9 Å². The number of carboxylic acid groups (broad SMARTS) is 1. The first-order chi connectivity index (χ1) is 12.0. The highest BCUT2D eigenvalue weighted by molar-refractivity contribution is 5.83. The van der Waals surface area contributed by atoms with Crippen molar-refractivity contribution >= 4 is 17.8 Å². The number of piperidine rings is 1. The number of carbonyl (C=O) groups is 3. The van der Waals surface area contributed by atoms with Gasteiger partial charge in [0.2, 0.25) is 12.0 Å². The molecular weight excluding hydrogens is 324 g/mol. The van der Waals surface area contributed by atoms with Gasteiger partial charge in [0.1, 0.15) is 0 Å². The molecule has 0 saturated carbocycles. The fourth-order valence-corrected chi connectivity index (χ4v) is 2.71. The van der Waals surface area contributed by atoms with Gasteiger partial charge in [-0.1, -0.05) is 30.3 Å². The molecule has 1 aliphatic rings. The zero-order valence-electron chi connectivity index (χ0n) is 14.1. The molecule has 1 aliphatic heterocycles. The Morgan fingerprint density at radius 1 is 1.16 bits per heavy atom. The van der Waals surface area contributed by atoms with Crippen molar-refractivity contribution in [3.63, 3.8) is 0 Å². The van der Waals surface area contributed by atoms with Crippen molar-refractivity contribution in [1.82, 2.24) is 10.6 Å². The molecule has 25 heavy (non-hydrogen) atoms.